The molecule has 9 heavy (non-hydrogen) atoms. The molecule has 0 atom stereocenters. The SMILES string of the molecule is C1CC2(C1)CCOCC2. The zero-order valence-electron chi connectivity index (χ0n) is 5.86. The van der Waals surface area contributed by atoms with Crippen LogP contribution in [0, 0.1) is 5.41 Å². The van der Waals surface area contributed by atoms with Gasteiger partial charge in [0.15, 0.2) is 0 Å². The maximum Gasteiger partial charge on any atom is 0.0471 e. The summed E-state index contributed by atoms with van der Waals surface area (Å²) in [6.07, 6.45) is 7.12. The van der Waals surface area contributed by atoms with Crippen molar-refractivity contribution in [1.82, 2.24) is 0 Å². The second-order valence-corrected chi connectivity index (χ2v) is 3.47. The number of hydrogen-bond acceptors (Lipinski definition) is 1. The first-order valence-electron chi connectivity index (χ1n) is 3.99. The first kappa shape index (κ1) is 5.72. The molecule has 1 heterocycles. The molecule has 1 aliphatic carbocycles. The zero-order chi connectivity index (χ0) is 6.16. The maximum atomic E-state index is 5.30. The molecule has 2 fully saturated rings. The molecule has 0 N–H and O–H groups in total. The second-order valence-electron chi connectivity index (χ2n) is 3.47. The van der Waals surface area contributed by atoms with E-state index in [0.717, 1.165) is 18.6 Å². The van der Waals surface area contributed by atoms with Gasteiger partial charge < -0.3 is 4.74 Å². The molecule has 2 rings (SSSR count). The third kappa shape index (κ3) is 0.877. The Morgan fingerprint density at radius 3 is 1.89 bits per heavy atom. The highest BCUT2D eigenvalue weighted by atomic mass is 16.5. The lowest BCUT2D eigenvalue weighted by molar-refractivity contribution is -0.0283. The van der Waals surface area contributed by atoms with Crippen LogP contribution in [0.5, 0.6) is 0 Å². The molecule has 0 aromatic heterocycles. The van der Waals surface area contributed by atoms with Crippen LogP contribution in [0.3, 0.4) is 0 Å². The van der Waals surface area contributed by atoms with E-state index >= 15 is 0 Å². The topological polar surface area (TPSA) is 9.23 Å². The largest absolute Gasteiger partial charge is 0.381 e. The normalized spacial score (nSPS) is 32.0. The summed E-state index contributed by atoms with van der Waals surface area (Å²) in [5, 5.41) is 0. The average Bonchev–Trinajstić information content (AvgIpc) is 1.87. The first-order chi connectivity index (χ1) is 4.41. The molecule has 1 heteroatoms. The fraction of sp³-hybridized carbons (Fsp3) is 1.00. The van der Waals surface area contributed by atoms with Gasteiger partial charge in [-0.3, -0.25) is 0 Å². The highest BCUT2D eigenvalue weighted by Gasteiger charge is 2.37. The second kappa shape index (κ2) is 1.98. The Morgan fingerprint density at radius 2 is 1.56 bits per heavy atom. The highest BCUT2D eigenvalue weighted by molar-refractivity contribution is 4.88. The van der Waals surface area contributed by atoms with Crippen LogP contribution in [-0.2, 0) is 4.74 Å². The van der Waals surface area contributed by atoms with Gasteiger partial charge in [-0.1, -0.05) is 6.42 Å². The lowest BCUT2D eigenvalue weighted by Crippen LogP contribution is -2.35. The zero-order valence-corrected chi connectivity index (χ0v) is 5.86. The Bertz CT molecular complexity index is 97.1. The third-order valence-corrected chi connectivity index (χ3v) is 2.97. The summed E-state index contributed by atoms with van der Waals surface area (Å²) in [6, 6.07) is 0. The fourth-order valence-electron chi connectivity index (χ4n) is 1.98. The maximum absolute atomic E-state index is 5.30. The Hall–Kier alpha value is -0.0400. The van der Waals surface area contributed by atoms with E-state index in [1.54, 1.807) is 0 Å². The Morgan fingerprint density at radius 1 is 0.889 bits per heavy atom. The quantitative estimate of drug-likeness (QED) is 0.482. The van der Waals surface area contributed by atoms with Gasteiger partial charge >= 0.3 is 0 Å². The van der Waals surface area contributed by atoms with Crippen molar-refractivity contribution >= 4 is 0 Å². The van der Waals surface area contributed by atoms with E-state index < -0.39 is 0 Å². The summed E-state index contributed by atoms with van der Waals surface area (Å²) in [5.41, 5.74) is 0.776. The molecule has 0 aromatic carbocycles. The average molecular weight is 126 g/mol. The van der Waals surface area contributed by atoms with E-state index in [2.05, 4.69) is 0 Å². The van der Waals surface area contributed by atoms with Gasteiger partial charge in [0.25, 0.3) is 0 Å². The van der Waals surface area contributed by atoms with Crippen LogP contribution in [-0.4, -0.2) is 13.2 Å². The minimum atomic E-state index is 0.776. The molecule has 1 nitrogen and oxygen atoms in total. The third-order valence-electron chi connectivity index (χ3n) is 2.97. The van der Waals surface area contributed by atoms with Gasteiger partial charge in [-0.05, 0) is 31.1 Å². The van der Waals surface area contributed by atoms with E-state index in [4.69, 9.17) is 4.74 Å². The lowest BCUT2D eigenvalue weighted by Gasteiger charge is -2.44. The molecule has 2 aliphatic rings. The van der Waals surface area contributed by atoms with E-state index in [0.29, 0.717) is 0 Å². The van der Waals surface area contributed by atoms with E-state index in [1.807, 2.05) is 0 Å². The minimum Gasteiger partial charge on any atom is -0.381 e. The molecule has 0 aromatic rings. The molecule has 0 amide bonds. The predicted molar refractivity (Wildman–Crippen MR) is 36.3 cm³/mol. The summed E-state index contributed by atoms with van der Waals surface area (Å²) in [4.78, 5) is 0. The van der Waals surface area contributed by atoms with Crippen molar-refractivity contribution in [2.45, 2.75) is 32.1 Å². The van der Waals surface area contributed by atoms with Crippen LogP contribution in [0.25, 0.3) is 0 Å². The molecule has 0 unspecified atom stereocenters. The summed E-state index contributed by atoms with van der Waals surface area (Å²) < 4.78 is 5.30. The van der Waals surface area contributed by atoms with Crippen molar-refractivity contribution in [3.63, 3.8) is 0 Å². The molecular weight excluding hydrogens is 112 g/mol. The van der Waals surface area contributed by atoms with Crippen LogP contribution in [0.15, 0.2) is 0 Å². The molecule has 0 bridgehead atoms. The van der Waals surface area contributed by atoms with Gasteiger partial charge in [0.05, 0.1) is 0 Å². The molecular formula is C8H14O. The van der Waals surface area contributed by atoms with Crippen LogP contribution < -0.4 is 0 Å². The van der Waals surface area contributed by atoms with Crippen LogP contribution in [0.2, 0.25) is 0 Å². The van der Waals surface area contributed by atoms with Crippen molar-refractivity contribution in [1.29, 1.82) is 0 Å². The Labute approximate surface area is 56.4 Å². The van der Waals surface area contributed by atoms with Crippen molar-refractivity contribution in [2.75, 3.05) is 13.2 Å². The van der Waals surface area contributed by atoms with E-state index in [1.165, 1.54) is 32.1 Å². The van der Waals surface area contributed by atoms with Crippen molar-refractivity contribution < 1.29 is 4.74 Å². The van der Waals surface area contributed by atoms with Gasteiger partial charge in [0.2, 0.25) is 0 Å². The first-order valence-corrected chi connectivity index (χ1v) is 3.99. The van der Waals surface area contributed by atoms with Gasteiger partial charge in [0, 0.05) is 13.2 Å². The molecule has 1 saturated carbocycles. The van der Waals surface area contributed by atoms with Crippen molar-refractivity contribution in [3.05, 3.63) is 0 Å². The summed E-state index contributed by atoms with van der Waals surface area (Å²) in [7, 11) is 0. The summed E-state index contributed by atoms with van der Waals surface area (Å²) in [5.74, 6) is 0. The summed E-state index contributed by atoms with van der Waals surface area (Å²) in [6.45, 7) is 2.06. The van der Waals surface area contributed by atoms with Crippen LogP contribution in [0.1, 0.15) is 32.1 Å². The van der Waals surface area contributed by atoms with Crippen LogP contribution >= 0.6 is 0 Å². The van der Waals surface area contributed by atoms with Gasteiger partial charge in [-0.15, -0.1) is 0 Å². The van der Waals surface area contributed by atoms with E-state index in [-0.39, 0.29) is 0 Å². The standard InChI is InChI=1S/C8H14O/c1-2-8(3-1)4-6-9-7-5-8/h1-7H2. The highest BCUT2D eigenvalue weighted by Crippen LogP contribution is 2.48. The predicted octanol–water partition coefficient (Wildman–Crippen LogP) is 1.97. The van der Waals surface area contributed by atoms with Crippen molar-refractivity contribution in [3.8, 4) is 0 Å². The molecule has 0 radical (unpaired) electrons. The van der Waals surface area contributed by atoms with Gasteiger partial charge in [-0.25, -0.2) is 0 Å². The minimum absolute atomic E-state index is 0.776. The Kier molecular flexibility index (Phi) is 1.26. The van der Waals surface area contributed by atoms with Gasteiger partial charge in [-0.2, -0.15) is 0 Å². The molecule has 1 saturated heterocycles. The van der Waals surface area contributed by atoms with E-state index in [9.17, 15) is 0 Å². The molecule has 1 spiro atoms. The lowest BCUT2D eigenvalue weighted by atomic mass is 9.64. The molecule has 1 aliphatic heterocycles. The number of hydrogen-bond donors (Lipinski definition) is 0. The Balaban J connectivity index is 1.93. The van der Waals surface area contributed by atoms with Crippen molar-refractivity contribution in [2.24, 2.45) is 5.41 Å². The molecule has 52 valence electrons. The summed E-state index contributed by atoms with van der Waals surface area (Å²) >= 11 is 0. The van der Waals surface area contributed by atoms with Crippen LogP contribution in [0.4, 0.5) is 0 Å². The monoisotopic (exact) mass is 126 g/mol. The van der Waals surface area contributed by atoms with Gasteiger partial charge in [0.1, 0.15) is 0 Å². The number of rotatable bonds is 0. The fourth-order valence-corrected chi connectivity index (χ4v) is 1.98. The number of ether oxygens (including phenoxy) is 1. The smallest absolute Gasteiger partial charge is 0.0471 e.